The summed E-state index contributed by atoms with van der Waals surface area (Å²) in [5.74, 6) is 0. The van der Waals surface area contributed by atoms with Crippen molar-refractivity contribution in [1.82, 2.24) is 4.98 Å². The number of benzene rings is 2. The van der Waals surface area contributed by atoms with Gasteiger partial charge in [-0.1, -0.05) is 30.3 Å². The maximum absolute atomic E-state index is 5.36. The van der Waals surface area contributed by atoms with E-state index in [4.69, 9.17) is 10.2 Å². The van der Waals surface area contributed by atoms with Gasteiger partial charge in [-0.25, -0.2) is 4.98 Å². The predicted molar refractivity (Wildman–Crippen MR) is 64.9 cm³/mol. The summed E-state index contributed by atoms with van der Waals surface area (Å²) in [7, 11) is 0. The third-order valence-electron chi connectivity index (χ3n) is 2.04. The lowest BCUT2D eigenvalue weighted by molar-refractivity contribution is 0.602. The van der Waals surface area contributed by atoms with Crippen LogP contribution in [0.3, 0.4) is 0 Å². The first kappa shape index (κ1) is 10.2. The molecule has 3 rings (SSSR count). The van der Waals surface area contributed by atoms with Gasteiger partial charge in [0.2, 0.25) is 0 Å². The molecule has 0 radical (unpaired) electrons. The van der Waals surface area contributed by atoms with E-state index in [0.717, 1.165) is 16.8 Å². The van der Waals surface area contributed by atoms with E-state index in [2.05, 4.69) is 4.98 Å². The average molecular weight is 212 g/mol. The van der Waals surface area contributed by atoms with Crippen LogP contribution in [0.4, 0.5) is 5.69 Å². The summed E-state index contributed by atoms with van der Waals surface area (Å²) in [4.78, 5) is 3.95. The minimum absolute atomic E-state index is 0.822. The summed E-state index contributed by atoms with van der Waals surface area (Å²) in [6, 6.07) is 17.2. The lowest BCUT2D eigenvalue weighted by Crippen LogP contribution is -1.79. The molecular weight excluding hydrogens is 200 g/mol. The van der Waals surface area contributed by atoms with Crippen LogP contribution in [-0.4, -0.2) is 4.98 Å². The van der Waals surface area contributed by atoms with Crippen LogP contribution in [0.15, 0.2) is 65.4 Å². The van der Waals surface area contributed by atoms with E-state index in [1.165, 1.54) is 6.39 Å². The second-order valence-corrected chi connectivity index (χ2v) is 3.23. The largest absolute Gasteiger partial charge is 0.443 e. The van der Waals surface area contributed by atoms with Gasteiger partial charge in [-0.2, -0.15) is 0 Å². The van der Waals surface area contributed by atoms with E-state index in [9.17, 15) is 0 Å². The average Bonchev–Trinajstić information content (AvgIpc) is 2.79. The van der Waals surface area contributed by atoms with Crippen LogP contribution in [0.25, 0.3) is 11.1 Å². The Balaban J connectivity index is 0.000000125. The van der Waals surface area contributed by atoms with E-state index in [-0.39, 0.29) is 0 Å². The van der Waals surface area contributed by atoms with E-state index in [1.54, 1.807) is 0 Å². The summed E-state index contributed by atoms with van der Waals surface area (Å²) >= 11 is 0. The van der Waals surface area contributed by atoms with Crippen molar-refractivity contribution >= 4 is 16.8 Å². The van der Waals surface area contributed by atoms with Crippen LogP contribution in [-0.2, 0) is 0 Å². The number of nitrogens with two attached hydrogens (primary N) is 1. The molecule has 1 aromatic heterocycles. The molecule has 0 saturated carbocycles. The molecule has 2 aromatic carbocycles. The molecule has 2 N–H and O–H groups in total. The minimum Gasteiger partial charge on any atom is -0.443 e. The summed E-state index contributed by atoms with van der Waals surface area (Å²) in [6.45, 7) is 0. The van der Waals surface area contributed by atoms with Crippen molar-refractivity contribution in [2.45, 2.75) is 0 Å². The predicted octanol–water partition coefficient (Wildman–Crippen LogP) is 3.10. The Morgan fingerprint density at radius 1 is 0.875 bits per heavy atom. The highest BCUT2D eigenvalue weighted by atomic mass is 16.3. The number of anilines is 1. The molecule has 0 atom stereocenters. The van der Waals surface area contributed by atoms with Crippen LogP contribution in [0.2, 0.25) is 0 Å². The molecule has 3 aromatic rings. The van der Waals surface area contributed by atoms with Crippen molar-refractivity contribution in [3.8, 4) is 0 Å². The summed E-state index contributed by atoms with van der Waals surface area (Å²) < 4.78 is 5.01. The zero-order valence-corrected chi connectivity index (χ0v) is 8.71. The second kappa shape index (κ2) is 4.98. The molecule has 1 heterocycles. The maximum Gasteiger partial charge on any atom is 0.181 e. The van der Waals surface area contributed by atoms with Crippen molar-refractivity contribution in [3.63, 3.8) is 0 Å². The van der Waals surface area contributed by atoms with Crippen LogP contribution < -0.4 is 5.73 Å². The molecule has 3 heteroatoms. The Kier molecular flexibility index (Phi) is 3.18. The SMILES string of the molecule is Nc1ccccc1.c1ccc2ocnc2c1. The first-order valence-electron chi connectivity index (χ1n) is 4.95. The van der Waals surface area contributed by atoms with Crippen molar-refractivity contribution in [1.29, 1.82) is 0 Å². The Bertz CT molecular complexity index is 516. The number of oxazole rings is 1. The van der Waals surface area contributed by atoms with Crippen molar-refractivity contribution in [3.05, 3.63) is 61.0 Å². The van der Waals surface area contributed by atoms with E-state index < -0.39 is 0 Å². The summed E-state index contributed by atoms with van der Waals surface area (Å²) in [5.41, 5.74) is 7.94. The Morgan fingerprint density at radius 3 is 2.19 bits per heavy atom. The maximum atomic E-state index is 5.36. The second-order valence-electron chi connectivity index (χ2n) is 3.23. The topological polar surface area (TPSA) is 52.0 Å². The molecular formula is C13H12N2O. The van der Waals surface area contributed by atoms with E-state index in [0.29, 0.717) is 0 Å². The number of nitrogens with zero attached hydrogens (tertiary/aromatic N) is 1. The molecule has 0 bridgehead atoms. The van der Waals surface area contributed by atoms with Gasteiger partial charge in [0.05, 0.1) is 0 Å². The zero-order valence-electron chi connectivity index (χ0n) is 8.71. The monoisotopic (exact) mass is 212 g/mol. The lowest BCUT2D eigenvalue weighted by atomic mass is 10.3. The molecule has 0 aliphatic carbocycles. The first-order chi connectivity index (χ1) is 7.86. The van der Waals surface area contributed by atoms with Gasteiger partial charge in [-0.15, -0.1) is 0 Å². The fourth-order valence-electron chi connectivity index (χ4n) is 1.26. The molecule has 0 aliphatic rings. The number of aromatic nitrogens is 1. The normalized spacial score (nSPS) is 9.50. The fraction of sp³-hybridized carbons (Fsp3) is 0. The third kappa shape index (κ3) is 2.60. The molecule has 0 fully saturated rings. The lowest BCUT2D eigenvalue weighted by Gasteiger charge is -1.83. The summed E-state index contributed by atoms with van der Waals surface area (Å²) in [6.07, 6.45) is 1.45. The van der Waals surface area contributed by atoms with Gasteiger partial charge in [0.25, 0.3) is 0 Å². The summed E-state index contributed by atoms with van der Waals surface area (Å²) in [5, 5.41) is 0. The minimum atomic E-state index is 0.822. The Labute approximate surface area is 93.5 Å². The molecule has 3 nitrogen and oxygen atoms in total. The quantitative estimate of drug-likeness (QED) is 0.582. The van der Waals surface area contributed by atoms with Gasteiger partial charge >= 0.3 is 0 Å². The van der Waals surface area contributed by atoms with Crippen molar-refractivity contribution in [2.75, 3.05) is 5.73 Å². The van der Waals surface area contributed by atoms with Crippen LogP contribution in [0.5, 0.6) is 0 Å². The molecule has 0 unspecified atom stereocenters. The number of nitrogen functional groups attached to an aromatic ring is 1. The Hall–Kier alpha value is -2.29. The molecule has 16 heavy (non-hydrogen) atoms. The van der Waals surface area contributed by atoms with Gasteiger partial charge in [0.15, 0.2) is 12.0 Å². The smallest absolute Gasteiger partial charge is 0.181 e. The van der Waals surface area contributed by atoms with E-state index in [1.807, 2.05) is 54.6 Å². The van der Waals surface area contributed by atoms with Gasteiger partial charge < -0.3 is 10.2 Å². The molecule has 0 amide bonds. The third-order valence-corrected chi connectivity index (χ3v) is 2.04. The number of hydrogen-bond acceptors (Lipinski definition) is 3. The highest BCUT2D eigenvalue weighted by Gasteiger charge is 1.91. The van der Waals surface area contributed by atoms with Crippen molar-refractivity contribution < 1.29 is 4.42 Å². The number of hydrogen-bond donors (Lipinski definition) is 1. The van der Waals surface area contributed by atoms with Gasteiger partial charge in [0.1, 0.15) is 5.52 Å². The van der Waals surface area contributed by atoms with Crippen molar-refractivity contribution in [2.24, 2.45) is 0 Å². The van der Waals surface area contributed by atoms with E-state index >= 15 is 0 Å². The van der Waals surface area contributed by atoms with Gasteiger partial charge in [-0.05, 0) is 24.3 Å². The molecule has 0 spiro atoms. The first-order valence-corrected chi connectivity index (χ1v) is 4.95. The van der Waals surface area contributed by atoms with Crippen LogP contribution in [0, 0.1) is 0 Å². The van der Waals surface area contributed by atoms with Crippen LogP contribution >= 0.6 is 0 Å². The molecule has 0 aliphatic heterocycles. The fourth-order valence-corrected chi connectivity index (χ4v) is 1.26. The highest BCUT2D eigenvalue weighted by Crippen LogP contribution is 2.09. The number of para-hydroxylation sites is 3. The zero-order chi connectivity index (χ0) is 11.2. The van der Waals surface area contributed by atoms with Gasteiger partial charge in [-0.3, -0.25) is 0 Å². The number of fused-ring (bicyclic) bond motifs is 1. The van der Waals surface area contributed by atoms with Crippen LogP contribution in [0.1, 0.15) is 0 Å². The van der Waals surface area contributed by atoms with Gasteiger partial charge in [0, 0.05) is 5.69 Å². The molecule has 0 saturated heterocycles. The molecule has 80 valence electrons. The standard InChI is InChI=1S/C7H5NO.C6H7N/c1-2-4-7-6(3-1)8-5-9-7;7-6-4-2-1-3-5-6/h1-5H;1-5H,7H2. The Morgan fingerprint density at radius 2 is 1.56 bits per heavy atom. The number of rotatable bonds is 0. The highest BCUT2D eigenvalue weighted by molar-refractivity contribution is 5.71.